The van der Waals surface area contributed by atoms with E-state index in [1.54, 1.807) is 0 Å². The third-order valence-electron chi connectivity index (χ3n) is 3.61. The highest BCUT2D eigenvalue weighted by Gasteiger charge is 2.27. The fourth-order valence-corrected chi connectivity index (χ4v) is 2.84. The van der Waals surface area contributed by atoms with Gasteiger partial charge in [-0.3, -0.25) is 14.5 Å². The molecule has 2 saturated heterocycles. The summed E-state index contributed by atoms with van der Waals surface area (Å²) in [7, 11) is 0. The Balaban J connectivity index is 1.80. The first-order valence-corrected chi connectivity index (χ1v) is 6.37. The van der Waals surface area contributed by atoms with Crippen molar-refractivity contribution in [2.75, 3.05) is 32.7 Å². The predicted molar refractivity (Wildman–Crippen MR) is 62.6 cm³/mol. The molecule has 2 heterocycles. The number of hydrogen-bond donors (Lipinski definition) is 1. The zero-order valence-corrected chi connectivity index (χ0v) is 10.1. The van der Waals surface area contributed by atoms with Crippen molar-refractivity contribution >= 4 is 11.9 Å². The van der Waals surface area contributed by atoms with E-state index in [9.17, 15) is 9.59 Å². The molecule has 1 atom stereocenters. The Morgan fingerprint density at radius 2 is 2.18 bits per heavy atom. The van der Waals surface area contributed by atoms with Crippen LogP contribution in [-0.4, -0.2) is 59.5 Å². The van der Waals surface area contributed by atoms with E-state index in [-0.39, 0.29) is 12.5 Å². The molecule has 96 valence electrons. The number of likely N-dealkylation sites (tertiary alicyclic amines) is 2. The summed E-state index contributed by atoms with van der Waals surface area (Å²) in [6.07, 6.45) is 3.82. The van der Waals surface area contributed by atoms with Gasteiger partial charge < -0.3 is 10.0 Å². The topological polar surface area (TPSA) is 60.9 Å². The first kappa shape index (κ1) is 12.4. The predicted octanol–water partition coefficient (Wildman–Crippen LogP) is 0.405. The van der Waals surface area contributed by atoms with E-state index in [1.807, 2.05) is 9.80 Å². The number of carbonyl (C=O) groups is 2. The summed E-state index contributed by atoms with van der Waals surface area (Å²) in [4.78, 5) is 26.1. The van der Waals surface area contributed by atoms with Gasteiger partial charge in [0.2, 0.25) is 5.91 Å². The van der Waals surface area contributed by atoms with Gasteiger partial charge in [0.05, 0.1) is 6.54 Å². The molecule has 0 spiro atoms. The number of carbonyl (C=O) groups excluding carboxylic acids is 1. The van der Waals surface area contributed by atoms with Gasteiger partial charge in [0.15, 0.2) is 0 Å². The van der Waals surface area contributed by atoms with Crippen LogP contribution >= 0.6 is 0 Å². The number of aliphatic carboxylic acids is 1. The van der Waals surface area contributed by atoms with Crippen LogP contribution in [0.15, 0.2) is 0 Å². The molecule has 0 radical (unpaired) electrons. The van der Waals surface area contributed by atoms with Crippen LogP contribution < -0.4 is 0 Å². The molecule has 0 aromatic carbocycles. The van der Waals surface area contributed by atoms with Gasteiger partial charge in [-0.2, -0.15) is 0 Å². The molecule has 5 nitrogen and oxygen atoms in total. The lowest BCUT2D eigenvalue weighted by molar-refractivity contribution is -0.139. The number of piperidine rings is 1. The van der Waals surface area contributed by atoms with Crippen LogP contribution in [0.1, 0.15) is 25.7 Å². The second kappa shape index (κ2) is 5.49. The summed E-state index contributed by atoms with van der Waals surface area (Å²) in [6, 6.07) is 0. The minimum absolute atomic E-state index is 0.129. The van der Waals surface area contributed by atoms with E-state index in [1.165, 1.54) is 0 Å². The molecular weight excluding hydrogens is 220 g/mol. The monoisotopic (exact) mass is 240 g/mol. The van der Waals surface area contributed by atoms with Gasteiger partial charge in [-0.15, -0.1) is 0 Å². The highest BCUT2D eigenvalue weighted by atomic mass is 16.4. The van der Waals surface area contributed by atoms with Gasteiger partial charge in [-0.05, 0) is 31.7 Å². The zero-order chi connectivity index (χ0) is 12.3. The molecule has 1 amide bonds. The molecule has 0 aliphatic carbocycles. The van der Waals surface area contributed by atoms with Crippen LogP contribution in [0.25, 0.3) is 0 Å². The van der Waals surface area contributed by atoms with Crippen molar-refractivity contribution in [1.29, 1.82) is 0 Å². The minimum Gasteiger partial charge on any atom is -0.480 e. The van der Waals surface area contributed by atoms with Gasteiger partial charge >= 0.3 is 5.97 Å². The quantitative estimate of drug-likeness (QED) is 0.773. The number of carboxylic acids is 1. The summed E-state index contributed by atoms with van der Waals surface area (Å²) in [5.74, 6) is -0.0478. The fourth-order valence-electron chi connectivity index (χ4n) is 2.84. The Kier molecular flexibility index (Phi) is 3.99. The molecule has 2 aliphatic rings. The molecular formula is C12H20N2O3. The minimum atomic E-state index is -0.761. The molecule has 0 bridgehead atoms. The molecule has 1 N–H and O–H groups in total. The van der Waals surface area contributed by atoms with Gasteiger partial charge in [-0.1, -0.05) is 0 Å². The number of rotatable bonds is 4. The second-order valence-corrected chi connectivity index (χ2v) is 5.08. The molecule has 0 saturated carbocycles. The first-order valence-electron chi connectivity index (χ1n) is 6.37. The molecule has 17 heavy (non-hydrogen) atoms. The lowest BCUT2D eigenvalue weighted by Crippen LogP contribution is -2.43. The van der Waals surface area contributed by atoms with Gasteiger partial charge in [-0.25, -0.2) is 0 Å². The van der Waals surface area contributed by atoms with Crippen molar-refractivity contribution in [1.82, 2.24) is 9.80 Å². The largest absolute Gasteiger partial charge is 0.480 e. The van der Waals surface area contributed by atoms with Crippen molar-refractivity contribution < 1.29 is 14.7 Å². The summed E-state index contributed by atoms with van der Waals surface area (Å²) in [5.41, 5.74) is 0. The van der Waals surface area contributed by atoms with Crippen LogP contribution in [0.2, 0.25) is 0 Å². The average Bonchev–Trinajstić information content (AvgIpc) is 2.64. The first-order chi connectivity index (χ1) is 8.15. The van der Waals surface area contributed by atoms with Crippen LogP contribution in [0, 0.1) is 5.92 Å². The molecule has 0 unspecified atom stereocenters. The summed E-state index contributed by atoms with van der Waals surface area (Å²) >= 11 is 0. The van der Waals surface area contributed by atoms with Crippen molar-refractivity contribution in [3.05, 3.63) is 0 Å². The Labute approximate surface area is 101 Å². The molecule has 2 aliphatic heterocycles. The molecule has 2 rings (SSSR count). The number of nitrogens with zero attached hydrogens (tertiary/aromatic N) is 2. The zero-order valence-electron chi connectivity index (χ0n) is 10.1. The number of hydrogen-bond acceptors (Lipinski definition) is 3. The highest BCUT2D eigenvalue weighted by Crippen LogP contribution is 2.20. The van der Waals surface area contributed by atoms with E-state index >= 15 is 0 Å². The van der Waals surface area contributed by atoms with Crippen LogP contribution in [0.3, 0.4) is 0 Å². The fraction of sp³-hybridized carbons (Fsp3) is 0.833. The molecule has 5 heteroatoms. The summed E-state index contributed by atoms with van der Waals surface area (Å²) in [5, 5.41) is 8.77. The Hall–Kier alpha value is -1.10. The number of amides is 1. The van der Waals surface area contributed by atoms with Crippen LogP contribution in [0.5, 0.6) is 0 Å². The van der Waals surface area contributed by atoms with Crippen molar-refractivity contribution in [2.24, 2.45) is 5.92 Å². The van der Waals surface area contributed by atoms with Crippen LogP contribution in [0.4, 0.5) is 0 Å². The third kappa shape index (κ3) is 3.43. The van der Waals surface area contributed by atoms with E-state index in [4.69, 9.17) is 5.11 Å². The van der Waals surface area contributed by atoms with Crippen LogP contribution in [-0.2, 0) is 9.59 Å². The highest BCUT2D eigenvalue weighted by molar-refractivity contribution is 5.78. The van der Waals surface area contributed by atoms with E-state index in [0.29, 0.717) is 12.3 Å². The third-order valence-corrected chi connectivity index (χ3v) is 3.61. The second-order valence-electron chi connectivity index (χ2n) is 5.08. The van der Waals surface area contributed by atoms with E-state index in [0.717, 1.165) is 45.4 Å². The van der Waals surface area contributed by atoms with Crippen molar-refractivity contribution in [3.8, 4) is 0 Å². The van der Waals surface area contributed by atoms with E-state index in [2.05, 4.69) is 0 Å². The van der Waals surface area contributed by atoms with Crippen molar-refractivity contribution in [3.63, 3.8) is 0 Å². The molecule has 0 aromatic rings. The van der Waals surface area contributed by atoms with Gasteiger partial charge in [0.1, 0.15) is 0 Å². The van der Waals surface area contributed by atoms with Crippen molar-refractivity contribution in [2.45, 2.75) is 25.7 Å². The standard InChI is InChI=1S/C12H20N2O3/c15-11-4-2-6-14(11)8-10-3-1-5-13(7-10)9-12(16)17/h10H,1-9H2,(H,16,17)/t10-/m0/s1. The van der Waals surface area contributed by atoms with Gasteiger partial charge in [0, 0.05) is 26.1 Å². The maximum atomic E-state index is 11.5. The van der Waals surface area contributed by atoms with Gasteiger partial charge in [0.25, 0.3) is 0 Å². The maximum Gasteiger partial charge on any atom is 0.317 e. The maximum absolute atomic E-state index is 11.5. The Bertz CT molecular complexity index is 306. The lowest BCUT2D eigenvalue weighted by Gasteiger charge is -2.33. The Morgan fingerprint density at radius 3 is 2.82 bits per heavy atom. The normalized spacial score (nSPS) is 26.5. The average molecular weight is 240 g/mol. The molecule has 0 aromatic heterocycles. The summed E-state index contributed by atoms with van der Waals surface area (Å²) in [6.45, 7) is 3.51. The smallest absolute Gasteiger partial charge is 0.317 e. The lowest BCUT2D eigenvalue weighted by atomic mass is 9.97. The van der Waals surface area contributed by atoms with E-state index < -0.39 is 5.97 Å². The number of carboxylic acid groups (broad SMARTS) is 1. The molecule has 2 fully saturated rings. The Morgan fingerprint density at radius 1 is 1.35 bits per heavy atom. The summed E-state index contributed by atoms with van der Waals surface area (Å²) < 4.78 is 0. The SMILES string of the molecule is O=C(O)CN1CCC[C@H](CN2CCCC2=O)C1.